The van der Waals surface area contributed by atoms with Crippen molar-refractivity contribution in [2.75, 3.05) is 25.1 Å². The van der Waals surface area contributed by atoms with Crippen molar-refractivity contribution < 1.29 is 28.1 Å². The van der Waals surface area contributed by atoms with E-state index in [1.54, 1.807) is 23.5 Å². The minimum Gasteiger partial charge on any atom is -0.478 e. The lowest BCUT2D eigenvalue weighted by Crippen LogP contribution is -2.48. The molecule has 0 amide bonds. The second kappa shape index (κ2) is 10.1. The van der Waals surface area contributed by atoms with E-state index in [4.69, 9.17) is 16.3 Å². The van der Waals surface area contributed by atoms with Gasteiger partial charge in [0.15, 0.2) is 0 Å². The van der Waals surface area contributed by atoms with E-state index in [0.29, 0.717) is 36.4 Å². The van der Waals surface area contributed by atoms with Crippen LogP contribution in [0.4, 0.5) is 15.8 Å². The Balaban J connectivity index is 1.70. The molecule has 0 saturated carbocycles. The number of carboxylic acid groups (broad SMARTS) is 1. The molecule has 0 radical (unpaired) electrons. The van der Waals surface area contributed by atoms with Gasteiger partial charge >= 0.3 is 5.97 Å². The maximum Gasteiger partial charge on any atom is 0.338 e. The summed E-state index contributed by atoms with van der Waals surface area (Å²) in [5, 5.41) is 9.65. The normalized spacial score (nSPS) is 22.2. The Hall–Kier alpha value is -2.92. The van der Waals surface area contributed by atoms with Gasteiger partial charge in [-0.15, -0.1) is 10.8 Å². The molecule has 0 spiro atoms. The van der Waals surface area contributed by atoms with Crippen LogP contribution in [0.2, 0.25) is 5.02 Å². The first-order valence-electron chi connectivity index (χ1n) is 11.7. The van der Waals surface area contributed by atoms with Crippen molar-refractivity contribution >= 4 is 39.7 Å². The number of carbonyl (C=O) groups is 1. The lowest BCUT2D eigenvalue weighted by atomic mass is 10.0. The molecule has 10 heteroatoms. The van der Waals surface area contributed by atoms with Crippen LogP contribution >= 0.6 is 22.4 Å². The molecule has 3 aromatic carbocycles. The maximum atomic E-state index is 14.1. The third kappa shape index (κ3) is 4.74. The quantitative estimate of drug-likeness (QED) is 0.316. The van der Waals surface area contributed by atoms with Crippen LogP contribution in [-0.2, 0) is 4.74 Å². The molecular formula is C27H26ClFN2O5S. The van der Waals surface area contributed by atoms with Gasteiger partial charge in [-0.3, -0.25) is 9.11 Å². The predicted molar refractivity (Wildman–Crippen MR) is 143 cm³/mol. The number of benzene rings is 3. The predicted octanol–water partition coefficient (Wildman–Crippen LogP) is 6.67. The van der Waals surface area contributed by atoms with Gasteiger partial charge in [-0.2, -0.15) is 4.31 Å². The molecule has 2 aliphatic rings. The van der Waals surface area contributed by atoms with Crippen LogP contribution in [0.5, 0.6) is 0 Å². The average Bonchev–Trinajstić information content (AvgIpc) is 2.97. The van der Waals surface area contributed by atoms with Gasteiger partial charge in [0, 0.05) is 24.8 Å². The first-order chi connectivity index (χ1) is 17.7. The summed E-state index contributed by atoms with van der Waals surface area (Å²) in [6.07, 6.45) is 4.33. The molecular weight excluding hydrogens is 519 g/mol. The van der Waals surface area contributed by atoms with E-state index in [1.165, 1.54) is 12.1 Å². The number of likely N-dealkylation sites (N-methyl/N-ethyl adjacent to an activating group) is 1. The summed E-state index contributed by atoms with van der Waals surface area (Å²) in [4.78, 5) is 13.7. The Morgan fingerprint density at radius 3 is 2.54 bits per heavy atom. The number of carboxylic acids is 1. The molecule has 0 saturated heterocycles. The van der Waals surface area contributed by atoms with E-state index in [9.17, 15) is 23.4 Å². The van der Waals surface area contributed by atoms with E-state index in [-0.39, 0.29) is 22.1 Å². The number of fused-ring (bicyclic) bond motifs is 1. The zero-order valence-corrected chi connectivity index (χ0v) is 21.5. The van der Waals surface area contributed by atoms with Gasteiger partial charge in [0.2, 0.25) is 0 Å². The SMILES string of the molecule is CN1[C@H](C2CC=CCO2)CN(c2ccccc2)c2cc(Cl)c(-c3ccc(F)c(C(=O)O)c3)cc2S1(O)O. The molecule has 2 atom stereocenters. The Morgan fingerprint density at radius 1 is 1.11 bits per heavy atom. The van der Waals surface area contributed by atoms with Crippen LogP contribution < -0.4 is 4.90 Å². The van der Waals surface area contributed by atoms with Crippen LogP contribution in [0.3, 0.4) is 0 Å². The molecule has 3 N–H and O–H groups in total. The molecule has 1 unspecified atom stereocenters. The summed E-state index contributed by atoms with van der Waals surface area (Å²) in [7, 11) is -1.88. The second-order valence-electron chi connectivity index (χ2n) is 8.96. The Bertz CT molecular complexity index is 1370. The van der Waals surface area contributed by atoms with Gasteiger partial charge in [0.25, 0.3) is 0 Å². The van der Waals surface area contributed by atoms with Gasteiger partial charge in [-0.25, -0.2) is 9.18 Å². The number of halogens is 2. The second-order valence-corrected chi connectivity index (χ2v) is 11.4. The number of hydrogen-bond acceptors (Lipinski definition) is 6. The number of hydrogen-bond donors (Lipinski definition) is 3. The highest BCUT2D eigenvalue weighted by Gasteiger charge is 2.41. The highest BCUT2D eigenvalue weighted by molar-refractivity contribution is 8.22. The van der Waals surface area contributed by atoms with E-state index >= 15 is 0 Å². The maximum absolute atomic E-state index is 14.1. The number of anilines is 2. The van der Waals surface area contributed by atoms with Crippen molar-refractivity contribution in [3.05, 3.63) is 89.2 Å². The van der Waals surface area contributed by atoms with Crippen LogP contribution in [0.25, 0.3) is 11.1 Å². The molecule has 5 rings (SSSR count). The monoisotopic (exact) mass is 544 g/mol. The zero-order chi connectivity index (χ0) is 26.3. The van der Waals surface area contributed by atoms with E-state index in [1.807, 2.05) is 47.4 Å². The van der Waals surface area contributed by atoms with Crippen molar-refractivity contribution in [3.63, 3.8) is 0 Å². The summed E-state index contributed by atoms with van der Waals surface area (Å²) in [5.41, 5.74) is 1.56. The summed E-state index contributed by atoms with van der Waals surface area (Å²) in [6.45, 7) is 0.843. The molecule has 37 heavy (non-hydrogen) atoms. The largest absolute Gasteiger partial charge is 0.478 e. The number of rotatable bonds is 4. The van der Waals surface area contributed by atoms with Crippen molar-refractivity contribution in [2.24, 2.45) is 0 Å². The van der Waals surface area contributed by atoms with Crippen LogP contribution in [0, 0.1) is 5.82 Å². The minimum absolute atomic E-state index is 0.230. The number of para-hydroxylation sites is 1. The molecule has 2 aliphatic heterocycles. The summed E-state index contributed by atoms with van der Waals surface area (Å²) in [6, 6.07) is 16.1. The highest BCUT2D eigenvalue weighted by atomic mass is 35.5. The first kappa shape index (κ1) is 25.7. The molecule has 0 aromatic heterocycles. The fraction of sp³-hybridized carbons (Fsp3) is 0.222. The van der Waals surface area contributed by atoms with Gasteiger partial charge in [0.1, 0.15) is 5.82 Å². The van der Waals surface area contributed by atoms with Gasteiger partial charge in [-0.1, -0.05) is 48.0 Å². The number of aromatic carboxylic acids is 1. The van der Waals surface area contributed by atoms with E-state index in [2.05, 4.69) is 0 Å². The van der Waals surface area contributed by atoms with Crippen LogP contribution in [-0.4, -0.2) is 56.8 Å². The van der Waals surface area contributed by atoms with Gasteiger partial charge < -0.3 is 14.7 Å². The Labute approximate surface area is 220 Å². The first-order valence-corrected chi connectivity index (χ1v) is 13.5. The van der Waals surface area contributed by atoms with Crippen molar-refractivity contribution in [2.45, 2.75) is 23.5 Å². The third-order valence-electron chi connectivity index (χ3n) is 6.82. The van der Waals surface area contributed by atoms with Crippen molar-refractivity contribution in [1.29, 1.82) is 0 Å². The molecule has 7 nitrogen and oxygen atoms in total. The summed E-state index contributed by atoms with van der Waals surface area (Å²) < 4.78 is 45.0. The van der Waals surface area contributed by atoms with Gasteiger partial charge in [0.05, 0.1) is 39.9 Å². The topological polar surface area (TPSA) is 93.5 Å². The molecule has 194 valence electrons. The Morgan fingerprint density at radius 2 is 1.86 bits per heavy atom. The summed E-state index contributed by atoms with van der Waals surface area (Å²) >= 11 is 6.72. The lowest BCUT2D eigenvalue weighted by molar-refractivity contribution is 0.0228. The molecule has 0 fully saturated rings. The number of ether oxygens (including phenoxy) is 1. The third-order valence-corrected chi connectivity index (χ3v) is 9.12. The minimum atomic E-state index is -3.54. The average molecular weight is 545 g/mol. The highest BCUT2D eigenvalue weighted by Crippen LogP contribution is 2.60. The lowest BCUT2D eigenvalue weighted by Gasteiger charge is -2.45. The molecule has 0 bridgehead atoms. The zero-order valence-electron chi connectivity index (χ0n) is 19.9. The fourth-order valence-corrected chi connectivity index (χ4v) is 6.70. The van der Waals surface area contributed by atoms with Crippen LogP contribution in [0.1, 0.15) is 16.8 Å². The number of nitrogens with zero attached hydrogens (tertiary/aromatic N) is 2. The van der Waals surface area contributed by atoms with E-state index < -0.39 is 28.1 Å². The fourth-order valence-electron chi connectivity index (χ4n) is 4.81. The molecule has 3 aromatic rings. The molecule has 2 heterocycles. The van der Waals surface area contributed by atoms with E-state index in [0.717, 1.165) is 11.8 Å². The van der Waals surface area contributed by atoms with Crippen LogP contribution in [0.15, 0.2) is 77.7 Å². The van der Waals surface area contributed by atoms with Crippen molar-refractivity contribution in [3.8, 4) is 11.1 Å². The van der Waals surface area contributed by atoms with Gasteiger partial charge in [-0.05, 0) is 48.4 Å². The summed E-state index contributed by atoms with van der Waals surface area (Å²) in [5.74, 6) is -2.28. The smallest absolute Gasteiger partial charge is 0.338 e. The van der Waals surface area contributed by atoms with Crippen molar-refractivity contribution in [1.82, 2.24) is 4.31 Å². The standard InChI is InChI=1S/C27H26ClFN2O5S/c1-30-24(25-9-5-6-12-36-25)16-31(18-7-3-2-4-8-18)23-15-21(28)19(14-26(23)37(30,34)35)17-10-11-22(29)20(13-17)27(32)33/h2-8,10-11,13-15,24-25,34-35H,9,12,16H2,1H3,(H,32,33)/t24-,25?/m0/s1. The molecule has 0 aliphatic carbocycles. The Kier molecular flexibility index (Phi) is 7.01.